The molecule has 3 aliphatic rings. The minimum absolute atomic E-state index is 0.167. The van der Waals surface area contributed by atoms with E-state index in [9.17, 15) is 14.4 Å². The Hall–Kier alpha value is -2.20. The molecule has 1 atom stereocenters. The van der Waals surface area contributed by atoms with E-state index in [4.69, 9.17) is 4.74 Å². The fraction of sp³-hybridized carbons (Fsp3) is 0.381. The van der Waals surface area contributed by atoms with Gasteiger partial charge in [0.05, 0.1) is 40.7 Å². The van der Waals surface area contributed by atoms with Crippen molar-refractivity contribution in [3.8, 4) is 0 Å². The standard InChI is InChI=1S/C21H20IN3O4/c22-25-18(26)8-7-17(21(25)28)24-16-4-1-3-13-15(23-9-2-11-29-12-10-23)6-5-14(19(13)16)20(24)27/h1,3-6,17H,2,7-12H2. The van der Waals surface area contributed by atoms with Gasteiger partial charge in [-0.2, -0.15) is 0 Å². The molecule has 150 valence electrons. The van der Waals surface area contributed by atoms with Crippen molar-refractivity contribution in [1.29, 1.82) is 0 Å². The Balaban J connectivity index is 1.60. The quantitative estimate of drug-likeness (QED) is 0.357. The third-order valence-electron chi connectivity index (χ3n) is 5.91. The van der Waals surface area contributed by atoms with Gasteiger partial charge in [0.15, 0.2) is 0 Å². The van der Waals surface area contributed by atoms with Gasteiger partial charge in [-0.15, -0.1) is 0 Å². The number of carbonyl (C=O) groups is 3. The van der Waals surface area contributed by atoms with E-state index in [1.165, 1.54) is 0 Å². The number of carbonyl (C=O) groups excluding carboxylic acids is 3. The maximum absolute atomic E-state index is 13.3. The van der Waals surface area contributed by atoms with Crippen molar-refractivity contribution in [3.63, 3.8) is 0 Å². The molecule has 2 saturated heterocycles. The van der Waals surface area contributed by atoms with Gasteiger partial charge in [0.25, 0.3) is 11.8 Å². The molecule has 0 bridgehead atoms. The summed E-state index contributed by atoms with van der Waals surface area (Å²) in [5, 5.41) is 1.91. The summed E-state index contributed by atoms with van der Waals surface area (Å²) in [5.41, 5.74) is 2.47. The van der Waals surface area contributed by atoms with E-state index in [1.807, 2.05) is 30.3 Å². The van der Waals surface area contributed by atoms with Gasteiger partial charge in [0, 0.05) is 42.6 Å². The Kier molecular flexibility index (Phi) is 4.70. The number of hydrogen-bond acceptors (Lipinski definition) is 5. The predicted octanol–water partition coefficient (Wildman–Crippen LogP) is 2.89. The molecule has 8 heteroatoms. The number of imide groups is 1. The second kappa shape index (κ2) is 7.24. The van der Waals surface area contributed by atoms with Gasteiger partial charge in [-0.1, -0.05) is 12.1 Å². The summed E-state index contributed by atoms with van der Waals surface area (Å²) in [4.78, 5) is 41.8. The SMILES string of the molecule is O=C1CCC(N2C(=O)c3ccc(N4CCCOCC4)c4cccc2c34)C(=O)N1I. The van der Waals surface area contributed by atoms with Crippen molar-refractivity contribution in [1.82, 2.24) is 3.11 Å². The topological polar surface area (TPSA) is 70.2 Å². The molecule has 0 radical (unpaired) electrons. The zero-order valence-electron chi connectivity index (χ0n) is 15.8. The smallest absolute Gasteiger partial charge is 0.261 e. The van der Waals surface area contributed by atoms with Gasteiger partial charge in [-0.25, -0.2) is 3.11 Å². The Morgan fingerprint density at radius 1 is 1.00 bits per heavy atom. The molecule has 0 N–H and O–H groups in total. The van der Waals surface area contributed by atoms with Crippen LogP contribution in [0.2, 0.25) is 0 Å². The third kappa shape index (κ3) is 2.92. The summed E-state index contributed by atoms with van der Waals surface area (Å²) in [6.07, 6.45) is 1.57. The van der Waals surface area contributed by atoms with Crippen molar-refractivity contribution >= 4 is 62.7 Å². The highest BCUT2D eigenvalue weighted by Crippen LogP contribution is 2.43. The molecule has 2 aromatic rings. The van der Waals surface area contributed by atoms with Gasteiger partial charge in [-0.3, -0.25) is 19.3 Å². The van der Waals surface area contributed by atoms with Crippen LogP contribution in [0.5, 0.6) is 0 Å². The molecule has 2 aromatic carbocycles. The van der Waals surface area contributed by atoms with Crippen LogP contribution in [-0.4, -0.2) is 53.2 Å². The average molecular weight is 505 g/mol. The number of halogens is 1. The fourth-order valence-electron chi connectivity index (χ4n) is 4.54. The first-order chi connectivity index (χ1) is 14.1. The Morgan fingerprint density at radius 3 is 2.72 bits per heavy atom. The average Bonchev–Trinajstić information content (AvgIpc) is 2.90. The summed E-state index contributed by atoms with van der Waals surface area (Å²) in [6, 6.07) is 9.10. The highest BCUT2D eigenvalue weighted by atomic mass is 127. The van der Waals surface area contributed by atoms with Gasteiger partial charge >= 0.3 is 0 Å². The monoisotopic (exact) mass is 505 g/mol. The number of ether oxygens (including phenoxy) is 1. The summed E-state index contributed by atoms with van der Waals surface area (Å²) >= 11 is 1.74. The predicted molar refractivity (Wildman–Crippen MR) is 117 cm³/mol. The number of nitrogens with zero attached hydrogens (tertiary/aromatic N) is 3. The van der Waals surface area contributed by atoms with Crippen molar-refractivity contribution in [2.45, 2.75) is 25.3 Å². The maximum Gasteiger partial charge on any atom is 0.261 e. The van der Waals surface area contributed by atoms with E-state index in [1.54, 1.807) is 27.8 Å². The molecule has 3 amide bonds. The molecular weight excluding hydrogens is 485 g/mol. The molecule has 0 spiro atoms. The van der Waals surface area contributed by atoms with Gasteiger partial charge in [0.2, 0.25) is 5.91 Å². The Morgan fingerprint density at radius 2 is 1.86 bits per heavy atom. The summed E-state index contributed by atoms with van der Waals surface area (Å²) < 4.78 is 6.70. The first-order valence-corrected chi connectivity index (χ1v) is 10.8. The molecule has 2 fully saturated rings. The number of benzene rings is 2. The van der Waals surface area contributed by atoms with Crippen molar-refractivity contribution in [3.05, 3.63) is 35.9 Å². The van der Waals surface area contributed by atoms with E-state index in [-0.39, 0.29) is 24.1 Å². The molecule has 5 rings (SSSR count). The number of anilines is 2. The van der Waals surface area contributed by atoms with Crippen LogP contribution >= 0.6 is 22.9 Å². The first-order valence-electron chi connectivity index (χ1n) is 9.82. The Labute approximate surface area is 182 Å². The van der Waals surface area contributed by atoms with Crippen molar-refractivity contribution < 1.29 is 19.1 Å². The van der Waals surface area contributed by atoms with Gasteiger partial charge < -0.3 is 9.64 Å². The molecular formula is C21H20IN3O4. The van der Waals surface area contributed by atoms with Crippen LogP contribution < -0.4 is 9.80 Å². The van der Waals surface area contributed by atoms with Gasteiger partial charge in [-0.05, 0) is 31.0 Å². The van der Waals surface area contributed by atoms with Crippen LogP contribution in [0, 0.1) is 0 Å². The Bertz CT molecular complexity index is 1030. The van der Waals surface area contributed by atoms with Crippen LogP contribution in [0.15, 0.2) is 30.3 Å². The van der Waals surface area contributed by atoms with E-state index < -0.39 is 6.04 Å². The maximum atomic E-state index is 13.3. The van der Waals surface area contributed by atoms with Crippen LogP contribution in [0.4, 0.5) is 11.4 Å². The van der Waals surface area contributed by atoms with E-state index in [2.05, 4.69) is 4.90 Å². The minimum atomic E-state index is -0.648. The summed E-state index contributed by atoms with van der Waals surface area (Å²) in [7, 11) is 0. The lowest BCUT2D eigenvalue weighted by molar-refractivity contribution is -0.140. The minimum Gasteiger partial charge on any atom is -0.380 e. The molecule has 0 aliphatic carbocycles. The van der Waals surface area contributed by atoms with Crippen LogP contribution in [0.1, 0.15) is 29.6 Å². The zero-order valence-corrected chi connectivity index (χ0v) is 17.9. The van der Waals surface area contributed by atoms with Crippen molar-refractivity contribution in [2.24, 2.45) is 0 Å². The lowest BCUT2D eigenvalue weighted by atomic mass is 10.0. The molecule has 0 saturated carbocycles. The molecule has 7 nitrogen and oxygen atoms in total. The molecule has 29 heavy (non-hydrogen) atoms. The molecule has 3 aliphatic heterocycles. The number of piperidine rings is 1. The lowest BCUT2D eigenvalue weighted by Gasteiger charge is -2.33. The van der Waals surface area contributed by atoms with E-state index in [0.717, 1.165) is 51.4 Å². The van der Waals surface area contributed by atoms with Crippen LogP contribution in [-0.2, 0) is 14.3 Å². The highest BCUT2D eigenvalue weighted by Gasteiger charge is 2.43. The molecule has 0 aromatic heterocycles. The third-order valence-corrected chi connectivity index (χ3v) is 6.92. The fourth-order valence-corrected chi connectivity index (χ4v) is 5.10. The number of rotatable bonds is 2. The van der Waals surface area contributed by atoms with Crippen LogP contribution in [0.3, 0.4) is 0 Å². The molecule has 1 unspecified atom stereocenters. The van der Waals surface area contributed by atoms with E-state index in [0.29, 0.717) is 18.6 Å². The van der Waals surface area contributed by atoms with Crippen LogP contribution in [0.25, 0.3) is 10.8 Å². The normalized spacial score (nSPS) is 22.6. The molecule has 3 heterocycles. The zero-order chi connectivity index (χ0) is 20.1. The van der Waals surface area contributed by atoms with E-state index >= 15 is 0 Å². The summed E-state index contributed by atoms with van der Waals surface area (Å²) in [6.45, 7) is 3.16. The van der Waals surface area contributed by atoms with Gasteiger partial charge in [0.1, 0.15) is 6.04 Å². The first kappa shape index (κ1) is 18.8. The summed E-state index contributed by atoms with van der Waals surface area (Å²) in [5.74, 6) is -0.704. The lowest BCUT2D eigenvalue weighted by Crippen LogP contribution is -2.52. The number of amides is 3. The second-order valence-electron chi connectivity index (χ2n) is 7.53. The highest BCUT2D eigenvalue weighted by molar-refractivity contribution is 14.1. The second-order valence-corrected chi connectivity index (χ2v) is 8.49. The number of hydrogen-bond donors (Lipinski definition) is 0. The van der Waals surface area contributed by atoms with Crippen molar-refractivity contribution in [2.75, 3.05) is 36.1 Å². The largest absolute Gasteiger partial charge is 0.380 e.